The lowest BCUT2D eigenvalue weighted by molar-refractivity contribution is -0.137. The first-order valence-corrected chi connectivity index (χ1v) is 12.4. The van der Waals surface area contributed by atoms with Gasteiger partial charge in [0.15, 0.2) is 11.6 Å². The summed E-state index contributed by atoms with van der Waals surface area (Å²) in [5.74, 6) is 1.46. The Morgan fingerprint density at radius 2 is 1.78 bits per heavy atom. The van der Waals surface area contributed by atoms with E-state index in [9.17, 15) is 23.1 Å². The van der Waals surface area contributed by atoms with E-state index in [1.54, 1.807) is 13.1 Å². The molecule has 198 valence electrons. The molecular weight excluding hydrogens is 483 g/mol. The van der Waals surface area contributed by atoms with Crippen LogP contribution in [0, 0.1) is 19.8 Å². The second-order valence-corrected chi connectivity index (χ2v) is 10.5. The zero-order chi connectivity index (χ0) is 27.0. The van der Waals surface area contributed by atoms with Gasteiger partial charge in [-0.1, -0.05) is 6.07 Å². The normalized spacial score (nSPS) is 15.3. The molecule has 10 heteroatoms. The molecule has 0 amide bonds. The number of carbonyl (C=O) groups excluding carboxylic acids is 1. The highest BCUT2D eigenvalue weighted by atomic mass is 19.4. The molecule has 1 fully saturated rings. The fourth-order valence-corrected chi connectivity index (χ4v) is 4.98. The molecule has 3 aromatic heterocycles. The monoisotopic (exact) mass is 515 g/mol. The number of aliphatic hydroxyl groups is 1. The molecule has 0 saturated carbocycles. The lowest BCUT2D eigenvalue weighted by atomic mass is 9.86. The lowest BCUT2D eigenvalue weighted by Gasteiger charge is -2.35. The van der Waals surface area contributed by atoms with E-state index in [4.69, 9.17) is 0 Å². The van der Waals surface area contributed by atoms with Crippen molar-refractivity contribution in [2.24, 2.45) is 5.92 Å². The third-order valence-electron chi connectivity index (χ3n) is 6.78. The predicted octanol–water partition coefficient (Wildman–Crippen LogP) is 5.10. The van der Waals surface area contributed by atoms with Crippen LogP contribution in [0.15, 0.2) is 36.8 Å². The molecule has 0 aliphatic carbocycles. The predicted molar refractivity (Wildman–Crippen MR) is 134 cm³/mol. The van der Waals surface area contributed by atoms with Gasteiger partial charge in [-0.3, -0.25) is 4.79 Å². The van der Waals surface area contributed by atoms with Gasteiger partial charge in [-0.2, -0.15) is 18.3 Å². The Labute approximate surface area is 214 Å². The van der Waals surface area contributed by atoms with E-state index in [0.29, 0.717) is 17.2 Å². The largest absolute Gasteiger partial charge is 0.417 e. The summed E-state index contributed by atoms with van der Waals surface area (Å²) in [7, 11) is 0. The third kappa shape index (κ3) is 6.36. The minimum Gasteiger partial charge on any atom is -0.390 e. The van der Waals surface area contributed by atoms with Gasteiger partial charge in [-0.05, 0) is 76.1 Å². The maximum absolute atomic E-state index is 13.0. The summed E-state index contributed by atoms with van der Waals surface area (Å²) in [6, 6.07) is 4.15. The molecule has 4 rings (SSSR count). The molecule has 4 heterocycles. The average molecular weight is 516 g/mol. The molecule has 0 bridgehead atoms. The number of pyridine rings is 2. The van der Waals surface area contributed by atoms with E-state index < -0.39 is 17.3 Å². The lowest BCUT2D eigenvalue weighted by Crippen LogP contribution is -2.37. The number of Topliss-reactive ketones (excluding diaryl/α,β-unsaturated/α-hetero) is 1. The van der Waals surface area contributed by atoms with Gasteiger partial charge >= 0.3 is 6.18 Å². The molecular formula is C27H32F3N5O2. The Balaban J connectivity index is 1.41. The molecule has 3 aromatic rings. The van der Waals surface area contributed by atoms with Crippen molar-refractivity contribution in [2.45, 2.75) is 65.2 Å². The number of ketones is 1. The zero-order valence-electron chi connectivity index (χ0n) is 21.5. The van der Waals surface area contributed by atoms with Gasteiger partial charge in [0.2, 0.25) is 0 Å². The van der Waals surface area contributed by atoms with Gasteiger partial charge in [0.05, 0.1) is 28.6 Å². The summed E-state index contributed by atoms with van der Waals surface area (Å²) in [5, 5.41) is 14.3. The minimum absolute atomic E-state index is 0.134. The molecule has 1 N–H and O–H groups in total. The van der Waals surface area contributed by atoms with Crippen molar-refractivity contribution in [1.29, 1.82) is 0 Å². The van der Waals surface area contributed by atoms with Crippen LogP contribution in [0.25, 0.3) is 5.82 Å². The topological polar surface area (TPSA) is 84.1 Å². The number of anilines is 1. The van der Waals surface area contributed by atoms with Crippen molar-refractivity contribution in [1.82, 2.24) is 19.7 Å². The van der Waals surface area contributed by atoms with Crippen molar-refractivity contribution >= 4 is 11.6 Å². The first-order valence-electron chi connectivity index (χ1n) is 12.4. The first-order chi connectivity index (χ1) is 17.3. The number of halogens is 3. The quantitative estimate of drug-likeness (QED) is 0.441. The molecule has 0 spiro atoms. The highest BCUT2D eigenvalue weighted by molar-refractivity contribution is 5.98. The van der Waals surface area contributed by atoms with Crippen LogP contribution in [0.1, 0.15) is 65.9 Å². The molecule has 7 nitrogen and oxygen atoms in total. The molecule has 0 unspecified atom stereocenters. The zero-order valence-corrected chi connectivity index (χ0v) is 21.5. The van der Waals surface area contributed by atoms with Gasteiger partial charge in [0.1, 0.15) is 5.82 Å². The van der Waals surface area contributed by atoms with E-state index >= 15 is 0 Å². The Morgan fingerprint density at radius 3 is 2.35 bits per heavy atom. The van der Waals surface area contributed by atoms with Gasteiger partial charge in [-0.15, -0.1) is 0 Å². The van der Waals surface area contributed by atoms with E-state index in [2.05, 4.69) is 20.0 Å². The molecule has 1 aliphatic heterocycles. The SMILES string of the molecule is Cc1cc(CC(=O)c2cnn(-c3ccc(C(F)(F)F)cn3)c2C)cnc1N1CCC(CC(C)(C)O)CC1. The first kappa shape index (κ1) is 26.8. The number of hydrogen-bond donors (Lipinski definition) is 1. The summed E-state index contributed by atoms with van der Waals surface area (Å²) < 4.78 is 39.8. The number of aryl methyl sites for hydroxylation is 1. The number of rotatable bonds is 7. The van der Waals surface area contributed by atoms with Crippen LogP contribution < -0.4 is 4.90 Å². The summed E-state index contributed by atoms with van der Waals surface area (Å²) in [4.78, 5) is 23.8. The second-order valence-electron chi connectivity index (χ2n) is 10.5. The Morgan fingerprint density at radius 1 is 1.08 bits per heavy atom. The van der Waals surface area contributed by atoms with Gasteiger partial charge < -0.3 is 10.0 Å². The van der Waals surface area contributed by atoms with Gasteiger partial charge in [-0.25, -0.2) is 14.6 Å². The van der Waals surface area contributed by atoms with E-state index in [-0.39, 0.29) is 18.0 Å². The molecule has 1 aliphatic rings. The van der Waals surface area contributed by atoms with Crippen molar-refractivity contribution in [3.63, 3.8) is 0 Å². The van der Waals surface area contributed by atoms with Crippen molar-refractivity contribution in [3.05, 3.63) is 64.7 Å². The van der Waals surface area contributed by atoms with Crippen molar-refractivity contribution in [3.8, 4) is 5.82 Å². The van der Waals surface area contributed by atoms with Crippen molar-refractivity contribution in [2.75, 3.05) is 18.0 Å². The van der Waals surface area contributed by atoms with Crippen LogP contribution in [0.3, 0.4) is 0 Å². The average Bonchev–Trinajstić information content (AvgIpc) is 3.20. The number of hydrogen-bond acceptors (Lipinski definition) is 6. The Hall–Kier alpha value is -3.27. The summed E-state index contributed by atoms with van der Waals surface area (Å²) in [6.45, 7) is 9.13. The summed E-state index contributed by atoms with van der Waals surface area (Å²) in [5.41, 5.74) is 1.17. The Kier molecular flexibility index (Phi) is 7.41. The smallest absolute Gasteiger partial charge is 0.390 e. The molecule has 0 aromatic carbocycles. The van der Waals surface area contributed by atoms with Gasteiger partial charge in [0, 0.05) is 31.9 Å². The number of aromatic nitrogens is 4. The van der Waals surface area contributed by atoms with Crippen LogP contribution in [0.5, 0.6) is 0 Å². The summed E-state index contributed by atoms with van der Waals surface area (Å²) in [6.07, 6.45) is 2.35. The number of nitrogens with zero attached hydrogens (tertiary/aromatic N) is 5. The fraction of sp³-hybridized carbons (Fsp3) is 0.481. The van der Waals surface area contributed by atoms with Crippen molar-refractivity contribution < 1.29 is 23.1 Å². The highest BCUT2D eigenvalue weighted by Gasteiger charge is 2.31. The second kappa shape index (κ2) is 10.2. The van der Waals surface area contributed by atoms with Crippen LogP contribution in [-0.2, 0) is 12.6 Å². The molecule has 1 saturated heterocycles. The van der Waals surface area contributed by atoms with Gasteiger partial charge in [0.25, 0.3) is 0 Å². The highest BCUT2D eigenvalue weighted by Crippen LogP contribution is 2.30. The molecule has 0 atom stereocenters. The fourth-order valence-electron chi connectivity index (χ4n) is 4.98. The minimum atomic E-state index is -4.47. The third-order valence-corrected chi connectivity index (χ3v) is 6.78. The number of piperidine rings is 1. The van der Waals surface area contributed by atoms with E-state index in [0.717, 1.165) is 61.6 Å². The molecule has 37 heavy (non-hydrogen) atoms. The van der Waals surface area contributed by atoms with Crippen LogP contribution in [0.2, 0.25) is 0 Å². The van der Waals surface area contributed by atoms with E-state index in [1.165, 1.54) is 16.9 Å². The Bertz CT molecular complexity index is 1250. The number of carbonyl (C=O) groups is 1. The molecule has 0 radical (unpaired) electrons. The maximum Gasteiger partial charge on any atom is 0.417 e. The maximum atomic E-state index is 13.0. The van der Waals surface area contributed by atoms with Crippen LogP contribution >= 0.6 is 0 Å². The summed E-state index contributed by atoms with van der Waals surface area (Å²) >= 11 is 0. The van der Waals surface area contributed by atoms with Crippen LogP contribution in [0.4, 0.5) is 19.0 Å². The standard InChI is InChI=1S/C27H32F3N5O2/c1-17-11-20(14-32-25(17)34-9-7-19(8-10-34)13-26(3,4)37)12-23(36)22-16-33-35(18(22)2)24-6-5-21(15-31-24)27(28,29)30/h5-6,11,14-16,19,37H,7-10,12-13H2,1-4H3. The number of alkyl halides is 3. The van der Waals surface area contributed by atoms with E-state index in [1.807, 2.05) is 26.8 Å². The van der Waals surface area contributed by atoms with Crippen LogP contribution in [-0.4, -0.2) is 49.3 Å².